The predicted molar refractivity (Wildman–Crippen MR) is 53.2 cm³/mol. The van der Waals surface area contributed by atoms with Gasteiger partial charge in [-0.2, -0.15) is 0 Å². The minimum Gasteiger partial charge on any atom is -0.494 e. The van der Waals surface area contributed by atoms with Crippen LogP contribution in [0.25, 0.3) is 11.5 Å². The molecular formula is C10H8N2O4. The summed E-state index contributed by atoms with van der Waals surface area (Å²) in [6, 6.07) is 4.70. The van der Waals surface area contributed by atoms with Crippen molar-refractivity contribution in [2.45, 2.75) is 0 Å². The fourth-order valence-corrected chi connectivity index (χ4v) is 1.23. The third kappa shape index (κ3) is 1.72. The van der Waals surface area contributed by atoms with E-state index in [1.807, 2.05) is 0 Å². The average Bonchev–Trinajstić information content (AvgIpc) is 2.78. The van der Waals surface area contributed by atoms with Crippen molar-refractivity contribution in [1.29, 1.82) is 0 Å². The maximum atomic E-state index is 10.6. The Labute approximate surface area is 90.5 Å². The summed E-state index contributed by atoms with van der Waals surface area (Å²) in [6.07, 6.45) is 1.56. The molecule has 0 bridgehead atoms. The molecule has 0 saturated carbocycles. The molecule has 2 heterocycles. The largest absolute Gasteiger partial charge is 0.494 e. The summed E-state index contributed by atoms with van der Waals surface area (Å²) in [5.41, 5.74) is 0.257. The Morgan fingerprint density at radius 1 is 1.56 bits per heavy atom. The van der Waals surface area contributed by atoms with Crippen LogP contribution >= 0.6 is 0 Å². The summed E-state index contributed by atoms with van der Waals surface area (Å²) < 4.78 is 9.95. The third-order valence-corrected chi connectivity index (χ3v) is 1.95. The zero-order valence-electron chi connectivity index (χ0n) is 8.38. The van der Waals surface area contributed by atoms with Crippen LogP contribution in [-0.4, -0.2) is 28.3 Å². The molecule has 0 aliphatic carbocycles. The predicted octanol–water partition coefficient (Wildman–Crippen LogP) is 1.44. The third-order valence-electron chi connectivity index (χ3n) is 1.95. The molecule has 0 aliphatic rings. The van der Waals surface area contributed by atoms with E-state index in [2.05, 4.69) is 10.1 Å². The molecule has 6 heteroatoms. The highest BCUT2D eigenvalue weighted by Crippen LogP contribution is 2.27. The van der Waals surface area contributed by atoms with Gasteiger partial charge < -0.3 is 14.4 Å². The first-order valence-electron chi connectivity index (χ1n) is 4.41. The van der Waals surface area contributed by atoms with Crippen LogP contribution in [0.15, 0.2) is 28.9 Å². The maximum Gasteiger partial charge on any atom is 0.358 e. The molecule has 0 aliphatic heterocycles. The number of carboxylic acids is 1. The standard InChI is InChI=1S/C10H8N2O4/c1-15-7-3-2-4-11-9(7)8-5-6(10(13)14)12-16-8/h2-5H,1H3,(H,13,14). The van der Waals surface area contributed by atoms with Crippen LogP contribution in [-0.2, 0) is 0 Å². The first kappa shape index (κ1) is 10.2. The number of aromatic nitrogens is 2. The van der Waals surface area contributed by atoms with Crippen molar-refractivity contribution >= 4 is 5.97 Å². The van der Waals surface area contributed by atoms with Gasteiger partial charge in [0, 0.05) is 12.3 Å². The van der Waals surface area contributed by atoms with Crippen LogP contribution in [0.5, 0.6) is 5.75 Å². The first-order valence-corrected chi connectivity index (χ1v) is 4.41. The fourth-order valence-electron chi connectivity index (χ4n) is 1.23. The molecular weight excluding hydrogens is 212 g/mol. The van der Waals surface area contributed by atoms with E-state index in [4.69, 9.17) is 14.4 Å². The van der Waals surface area contributed by atoms with Crippen molar-refractivity contribution in [3.05, 3.63) is 30.1 Å². The monoisotopic (exact) mass is 220 g/mol. The summed E-state index contributed by atoms with van der Waals surface area (Å²) >= 11 is 0. The van der Waals surface area contributed by atoms with E-state index in [9.17, 15) is 4.79 Å². The van der Waals surface area contributed by atoms with Gasteiger partial charge in [-0.1, -0.05) is 5.16 Å². The molecule has 0 aromatic carbocycles. The average molecular weight is 220 g/mol. The molecule has 0 spiro atoms. The summed E-state index contributed by atoms with van der Waals surface area (Å²) in [5.74, 6) is -0.393. The quantitative estimate of drug-likeness (QED) is 0.842. The molecule has 0 atom stereocenters. The van der Waals surface area contributed by atoms with E-state index in [1.165, 1.54) is 13.2 Å². The van der Waals surface area contributed by atoms with E-state index in [1.54, 1.807) is 18.3 Å². The van der Waals surface area contributed by atoms with Crippen molar-refractivity contribution in [2.75, 3.05) is 7.11 Å². The van der Waals surface area contributed by atoms with E-state index in [0.29, 0.717) is 11.4 Å². The van der Waals surface area contributed by atoms with Crippen molar-refractivity contribution in [3.63, 3.8) is 0 Å². The number of rotatable bonds is 3. The molecule has 1 N–H and O–H groups in total. The highest BCUT2D eigenvalue weighted by molar-refractivity contribution is 5.86. The Morgan fingerprint density at radius 2 is 2.38 bits per heavy atom. The molecule has 0 unspecified atom stereocenters. The van der Waals surface area contributed by atoms with Gasteiger partial charge in [0.1, 0.15) is 5.75 Å². The van der Waals surface area contributed by atoms with Gasteiger partial charge in [-0.05, 0) is 12.1 Å². The van der Waals surface area contributed by atoms with Gasteiger partial charge in [-0.25, -0.2) is 9.78 Å². The van der Waals surface area contributed by atoms with E-state index in [0.717, 1.165) is 0 Å². The number of hydrogen-bond acceptors (Lipinski definition) is 5. The zero-order valence-corrected chi connectivity index (χ0v) is 8.38. The first-order chi connectivity index (χ1) is 7.72. The van der Waals surface area contributed by atoms with E-state index in [-0.39, 0.29) is 11.5 Å². The van der Waals surface area contributed by atoms with Crippen LogP contribution in [0, 0.1) is 0 Å². The molecule has 6 nitrogen and oxygen atoms in total. The summed E-state index contributed by atoms with van der Waals surface area (Å²) in [7, 11) is 1.50. The molecule has 2 aromatic rings. The van der Waals surface area contributed by atoms with Crippen molar-refractivity contribution < 1.29 is 19.2 Å². The topological polar surface area (TPSA) is 85.5 Å². The summed E-state index contributed by atoms with van der Waals surface area (Å²) in [4.78, 5) is 14.7. The number of hydrogen-bond donors (Lipinski definition) is 1. The zero-order chi connectivity index (χ0) is 11.5. The molecule has 2 rings (SSSR count). The highest BCUT2D eigenvalue weighted by Gasteiger charge is 2.15. The summed E-state index contributed by atoms with van der Waals surface area (Å²) in [5, 5.41) is 12.1. The normalized spacial score (nSPS) is 10.1. The van der Waals surface area contributed by atoms with Crippen LogP contribution in [0.3, 0.4) is 0 Å². The molecule has 0 saturated heterocycles. The lowest BCUT2D eigenvalue weighted by Crippen LogP contribution is -1.94. The Bertz CT molecular complexity index is 521. The lowest BCUT2D eigenvalue weighted by atomic mass is 10.2. The number of carboxylic acid groups (broad SMARTS) is 1. The summed E-state index contributed by atoms with van der Waals surface area (Å²) in [6.45, 7) is 0. The van der Waals surface area contributed by atoms with Gasteiger partial charge >= 0.3 is 5.97 Å². The van der Waals surface area contributed by atoms with Crippen molar-refractivity contribution in [2.24, 2.45) is 0 Å². The van der Waals surface area contributed by atoms with Gasteiger partial charge in [-0.3, -0.25) is 0 Å². The number of methoxy groups -OCH3 is 1. The lowest BCUT2D eigenvalue weighted by Gasteiger charge is -2.02. The lowest BCUT2D eigenvalue weighted by molar-refractivity contribution is 0.0686. The second-order valence-electron chi connectivity index (χ2n) is 2.94. The Morgan fingerprint density at radius 3 is 3.00 bits per heavy atom. The van der Waals surface area contributed by atoms with Crippen LogP contribution in [0.4, 0.5) is 0 Å². The molecule has 0 fully saturated rings. The minimum absolute atomic E-state index is 0.164. The number of nitrogens with zero attached hydrogens (tertiary/aromatic N) is 2. The van der Waals surface area contributed by atoms with Crippen LogP contribution in [0.2, 0.25) is 0 Å². The van der Waals surface area contributed by atoms with Gasteiger partial charge in [0.05, 0.1) is 7.11 Å². The smallest absolute Gasteiger partial charge is 0.358 e. The number of ether oxygens (including phenoxy) is 1. The van der Waals surface area contributed by atoms with Gasteiger partial charge in [0.15, 0.2) is 17.1 Å². The second kappa shape index (κ2) is 4.01. The van der Waals surface area contributed by atoms with E-state index >= 15 is 0 Å². The number of aromatic carboxylic acids is 1. The van der Waals surface area contributed by atoms with Crippen LogP contribution < -0.4 is 4.74 Å². The van der Waals surface area contributed by atoms with E-state index < -0.39 is 5.97 Å². The minimum atomic E-state index is -1.15. The number of pyridine rings is 1. The molecule has 16 heavy (non-hydrogen) atoms. The SMILES string of the molecule is COc1cccnc1-c1cc(C(=O)O)no1. The highest BCUT2D eigenvalue weighted by atomic mass is 16.5. The van der Waals surface area contributed by atoms with Crippen LogP contribution in [0.1, 0.15) is 10.5 Å². The Kier molecular flexibility index (Phi) is 2.55. The Hall–Kier alpha value is -2.37. The Balaban J connectivity index is 2.46. The maximum absolute atomic E-state index is 10.6. The van der Waals surface area contributed by atoms with Crippen molar-refractivity contribution in [3.8, 4) is 17.2 Å². The molecule has 0 amide bonds. The van der Waals surface area contributed by atoms with Gasteiger partial charge in [0.25, 0.3) is 0 Å². The number of carbonyl (C=O) groups is 1. The molecule has 82 valence electrons. The van der Waals surface area contributed by atoms with Gasteiger partial charge in [0.2, 0.25) is 0 Å². The second-order valence-corrected chi connectivity index (χ2v) is 2.94. The fraction of sp³-hybridized carbons (Fsp3) is 0.100. The van der Waals surface area contributed by atoms with Crippen molar-refractivity contribution in [1.82, 2.24) is 10.1 Å². The molecule has 0 radical (unpaired) electrons. The molecule has 2 aromatic heterocycles. The van der Waals surface area contributed by atoms with Gasteiger partial charge in [-0.15, -0.1) is 0 Å².